The van der Waals surface area contributed by atoms with Crippen LogP contribution in [-0.4, -0.2) is 60.1 Å². The van der Waals surface area contributed by atoms with Gasteiger partial charge in [0.25, 0.3) is 0 Å². The first-order valence-electron chi connectivity index (χ1n) is 12.7. The maximum Gasteiger partial charge on any atom is 0.306 e. The number of hydrogen-bond acceptors (Lipinski definition) is 8. The van der Waals surface area contributed by atoms with Crippen LogP contribution < -0.4 is 15.4 Å². The monoisotopic (exact) mass is 581 g/mol. The van der Waals surface area contributed by atoms with Crippen molar-refractivity contribution < 1.29 is 19.1 Å². The van der Waals surface area contributed by atoms with Gasteiger partial charge in [0.05, 0.1) is 24.9 Å². The Hall–Kier alpha value is -3.66. The van der Waals surface area contributed by atoms with E-state index in [0.29, 0.717) is 44.2 Å². The summed E-state index contributed by atoms with van der Waals surface area (Å²) in [5, 5.41) is 7.52. The smallest absolute Gasteiger partial charge is 0.306 e. The molecule has 1 aliphatic rings. The first-order chi connectivity index (χ1) is 18.5. The number of anilines is 3. The Bertz CT molecular complexity index is 1310. The highest BCUT2D eigenvalue weighted by Gasteiger charge is 2.23. The number of ether oxygens (including phenoxy) is 2. The molecule has 1 amide bonds. The average Bonchev–Trinajstić information content (AvgIpc) is 2.91. The summed E-state index contributed by atoms with van der Waals surface area (Å²) in [4.78, 5) is 35.0. The van der Waals surface area contributed by atoms with Crippen molar-refractivity contribution in [2.24, 2.45) is 5.92 Å². The molecule has 0 aliphatic carbocycles. The van der Waals surface area contributed by atoms with Crippen molar-refractivity contribution >= 4 is 55.9 Å². The number of rotatable bonds is 10. The number of nitrogens with one attached hydrogen (secondary N) is 2. The second-order valence-electron chi connectivity index (χ2n) is 8.99. The molecule has 1 saturated heterocycles. The molecule has 1 aliphatic heterocycles. The zero-order chi connectivity index (χ0) is 26.9. The molecule has 0 bridgehead atoms. The summed E-state index contributed by atoms with van der Waals surface area (Å²) in [6.45, 7) is 3.94. The minimum Gasteiger partial charge on any atom is -0.495 e. The number of aromatic nitrogens is 2. The van der Waals surface area contributed by atoms with E-state index >= 15 is 0 Å². The lowest BCUT2D eigenvalue weighted by molar-refractivity contribution is -0.144. The largest absolute Gasteiger partial charge is 0.495 e. The molecule has 2 N–H and O–H groups in total. The van der Waals surface area contributed by atoms with Gasteiger partial charge in [0.1, 0.15) is 17.9 Å². The van der Waals surface area contributed by atoms with Crippen molar-refractivity contribution in [3.05, 3.63) is 59.4 Å². The topological polar surface area (TPSA) is 106 Å². The van der Waals surface area contributed by atoms with Gasteiger partial charge in [-0.2, -0.15) is 0 Å². The number of carbonyl (C=O) groups excluding carboxylic acids is 2. The summed E-state index contributed by atoms with van der Waals surface area (Å²) in [6, 6.07) is 11.7. The lowest BCUT2D eigenvalue weighted by Gasteiger charge is -2.30. The van der Waals surface area contributed by atoms with E-state index in [1.807, 2.05) is 48.2 Å². The molecule has 0 saturated carbocycles. The lowest BCUT2D eigenvalue weighted by Crippen LogP contribution is -2.38. The number of esters is 1. The fraction of sp³-hybridized carbons (Fsp3) is 0.357. The van der Waals surface area contributed by atoms with E-state index < -0.39 is 0 Å². The van der Waals surface area contributed by atoms with E-state index in [2.05, 4.69) is 36.5 Å². The molecular weight excluding hydrogens is 550 g/mol. The molecule has 200 valence electrons. The minimum absolute atomic E-state index is 0.0271. The number of methoxy groups -OCH3 is 1. The van der Waals surface area contributed by atoms with Crippen molar-refractivity contribution in [2.75, 3.05) is 44.0 Å². The van der Waals surface area contributed by atoms with Crippen LogP contribution in [0.25, 0.3) is 10.9 Å². The molecule has 0 radical (unpaired) electrons. The Kier molecular flexibility index (Phi) is 9.53. The zero-order valence-corrected chi connectivity index (χ0v) is 23.2. The van der Waals surface area contributed by atoms with E-state index in [-0.39, 0.29) is 17.8 Å². The second kappa shape index (κ2) is 13.2. The fourth-order valence-electron chi connectivity index (χ4n) is 4.44. The van der Waals surface area contributed by atoms with E-state index in [1.165, 1.54) is 6.33 Å². The maximum atomic E-state index is 12.6. The van der Waals surface area contributed by atoms with Crippen LogP contribution in [0.4, 0.5) is 17.2 Å². The average molecular weight is 582 g/mol. The van der Waals surface area contributed by atoms with Crippen LogP contribution in [0, 0.1) is 5.92 Å². The molecule has 1 aromatic heterocycles. The number of hydrogen-bond donors (Lipinski definition) is 2. The summed E-state index contributed by atoms with van der Waals surface area (Å²) in [7, 11) is 1.61. The van der Waals surface area contributed by atoms with Crippen molar-refractivity contribution in [1.29, 1.82) is 0 Å². The molecule has 2 heterocycles. The SMILES string of the molecule is CCOC(=O)CC1CCN(C(=O)C=CCNc2cc3c(Nc4cccc(Br)c4)ncnc3cc2OC)CC1. The van der Waals surface area contributed by atoms with Gasteiger partial charge in [0.15, 0.2) is 0 Å². The van der Waals surface area contributed by atoms with E-state index in [0.717, 1.165) is 39.6 Å². The van der Waals surface area contributed by atoms with Gasteiger partial charge in [-0.3, -0.25) is 9.59 Å². The third kappa shape index (κ3) is 7.22. The molecule has 1 fully saturated rings. The number of halogens is 1. The molecule has 38 heavy (non-hydrogen) atoms. The molecule has 9 nitrogen and oxygen atoms in total. The van der Waals surface area contributed by atoms with E-state index in [1.54, 1.807) is 19.3 Å². The minimum atomic E-state index is -0.157. The maximum absolute atomic E-state index is 12.6. The third-order valence-electron chi connectivity index (χ3n) is 6.40. The van der Waals surface area contributed by atoms with Crippen molar-refractivity contribution in [3.63, 3.8) is 0 Å². The Morgan fingerprint density at radius 3 is 2.74 bits per heavy atom. The number of nitrogens with zero attached hydrogens (tertiary/aromatic N) is 3. The Labute approximate surface area is 230 Å². The first-order valence-corrected chi connectivity index (χ1v) is 13.5. The Morgan fingerprint density at radius 1 is 1.18 bits per heavy atom. The predicted molar refractivity (Wildman–Crippen MR) is 152 cm³/mol. The lowest BCUT2D eigenvalue weighted by atomic mass is 9.93. The van der Waals surface area contributed by atoms with Crippen LogP contribution in [0.5, 0.6) is 5.75 Å². The summed E-state index contributed by atoms with van der Waals surface area (Å²) in [6.07, 6.45) is 6.96. The standard InChI is InChI=1S/C28H32BrN5O4/c1-3-38-27(36)14-19-9-12-34(13-10-19)26(35)8-5-11-30-24-16-22-23(17-25(24)37-2)31-18-32-28(22)33-21-7-4-6-20(29)15-21/h4-8,15-19,30H,3,9-14H2,1-2H3,(H,31,32,33). The van der Waals surface area contributed by atoms with Gasteiger partial charge in [0, 0.05) is 53.7 Å². The molecular formula is C28H32BrN5O4. The second-order valence-corrected chi connectivity index (χ2v) is 9.90. The third-order valence-corrected chi connectivity index (χ3v) is 6.89. The molecule has 0 unspecified atom stereocenters. The van der Waals surface area contributed by atoms with Crippen LogP contribution in [0.15, 0.2) is 59.4 Å². The molecule has 4 rings (SSSR count). The molecule has 3 aromatic rings. The van der Waals surface area contributed by atoms with Gasteiger partial charge < -0.3 is 25.0 Å². The summed E-state index contributed by atoms with van der Waals surface area (Å²) >= 11 is 3.49. The Balaban J connectivity index is 1.37. The van der Waals surface area contributed by atoms with Gasteiger partial charge in [0.2, 0.25) is 5.91 Å². The van der Waals surface area contributed by atoms with Gasteiger partial charge in [-0.25, -0.2) is 9.97 Å². The first kappa shape index (κ1) is 27.4. The number of benzene rings is 2. The number of carbonyl (C=O) groups is 2. The number of likely N-dealkylation sites (tertiary alicyclic amines) is 1. The van der Waals surface area contributed by atoms with Crippen molar-refractivity contribution in [2.45, 2.75) is 26.2 Å². The van der Waals surface area contributed by atoms with Crippen molar-refractivity contribution in [3.8, 4) is 5.75 Å². The predicted octanol–water partition coefficient (Wildman–Crippen LogP) is 5.30. The number of fused-ring (bicyclic) bond motifs is 1. The highest BCUT2D eigenvalue weighted by molar-refractivity contribution is 9.10. The van der Waals surface area contributed by atoms with Crippen molar-refractivity contribution in [1.82, 2.24) is 14.9 Å². The summed E-state index contributed by atoms with van der Waals surface area (Å²) in [5.74, 6) is 1.41. The van der Waals surface area contributed by atoms with Crippen LogP contribution in [0.3, 0.4) is 0 Å². The summed E-state index contributed by atoms with van der Waals surface area (Å²) in [5.41, 5.74) is 2.41. The number of amides is 1. The van der Waals surface area contributed by atoms with Crippen LogP contribution in [-0.2, 0) is 14.3 Å². The van der Waals surface area contributed by atoms with Gasteiger partial charge >= 0.3 is 5.97 Å². The molecule has 0 atom stereocenters. The van der Waals surface area contributed by atoms with Crippen LogP contribution in [0.2, 0.25) is 0 Å². The van der Waals surface area contributed by atoms with Crippen LogP contribution >= 0.6 is 15.9 Å². The van der Waals surface area contributed by atoms with Gasteiger partial charge in [-0.15, -0.1) is 0 Å². The fourth-order valence-corrected chi connectivity index (χ4v) is 4.84. The van der Waals surface area contributed by atoms with Gasteiger partial charge in [-0.1, -0.05) is 28.1 Å². The highest BCUT2D eigenvalue weighted by Crippen LogP contribution is 2.33. The highest BCUT2D eigenvalue weighted by atomic mass is 79.9. The normalized spacial score (nSPS) is 14.0. The molecule has 2 aromatic carbocycles. The van der Waals surface area contributed by atoms with E-state index in [9.17, 15) is 9.59 Å². The number of piperidine rings is 1. The Morgan fingerprint density at radius 2 is 2.00 bits per heavy atom. The molecule has 10 heteroatoms. The van der Waals surface area contributed by atoms with Gasteiger partial charge in [-0.05, 0) is 49.9 Å². The van der Waals surface area contributed by atoms with E-state index in [4.69, 9.17) is 9.47 Å². The quantitative estimate of drug-likeness (QED) is 0.245. The molecule has 0 spiro atoms. The zero-order valence-electron chi connectivity index (χ0n) is 21.6. The summed E-state index contributed by atoms with van der Waals surface area (Å²) < 4.78 is 11.6. The van der Waals surface area contributed by atoms with Crippen LogP contribution in [0.1, 0.15) is 26.2 Å².